The number of nitrogens with two attached hydrogens (primary N) is 1. The molecule has 0 aromatic heterocycles. The van der Waals surface area contributed by atoms with Crippen LogP contribution in [0.1, 0.15) is 64.5 Å². The second-order valence-electron chi connectivity index (χ2n) is 10.8. The highest BCUT2D eigenvalue weighted by Gasteiger charge is 2.30. The first-order chi connectivity index (χ1) is 16.3. The zero-order chi connectivity index (χ0) is 24.5. The van der Waals surface area contributed by atoms with Gasteiger partial charge in [-0.3, -0.25) is 4.79 Å². The van der Waals surface area contributed by atoms with Crippen LogP contribution < -0.4 is 10.6 Å². The summed E-state index contributed by atoms with van der Waals surface area (Å²) in [5, 5.41) is 0. The van der Waals surface area contributed by atoms with Gasteiger partial charge in [0.15, 0.2) is 0 Å². The number of piperidine rings is 1. The molecule has 1 aliphatic rings. The molecule has 1 heterocycles. The third-order valence-corrected chi connectivity index (χ3v) is 6.95. The Hall–Kier alpha value is -2.33. The highest BCUT2D eigenvalue weighted by Crippen LogP contribution is 2.26. The van der Waals surface area contributed by atoms with Gasteiger partial charge in [0.05, 0.1) is 6.04 Å². The molecule has 3 rings (SSSR count). The van der Waals surface area contributed by atoms with E-state index in [2.05, 4.69) is 87.2 Å². The van der Waals surface area contributed by atoms with Gasteiger partial charge in [0, 0.05) is 31.4 Å². The maximum absolute atomic E-state index is 13.0. The van der Waals surface area contributed by atoms with Crippen LogP contribution in [0.3, 0.4) is 0 Å². The van der Waals surface area contributed by atoms with E-state index >= 15 is 0 Å². The van der Waals surface area contributed by atoms with Gasteiger partial charge in [-0.2, -0.15) is 0 Å². The monoisotopic (exact) mass is 463 g/mol. The first kappa shape index (κ1) is 26.3. The summed E-state index contributed by atoms with van der Waals surface area (Å²) in [5.74, 6) is 1.20. The van der Waals surface area contributed by atoms with Crippen molar-refractivity contribution in [2.45, 2.75) is 78.3 Å². The zero-order valence-corrected chi connectivity index (χ0v) is 21.7. The van der Waals surface area contributed by atoms with Crippen molar-refractivity contribution in [3.8, 4) is 0 Å². The van der Waals surface area contributed by atoms with Crippen molar-refractivity contribution in [3.63, 3.8) is 0 Å². The molecular weight excluding hydrogens is 418 g/mol. The fourth-order valence-electron chi connectivity index (χ4n) is 4.96. The zero-order valence-electron chi connectivity index (χ0n) is 21.7. The van der Waals surface area contributed by atoms with Crippen LogP contribution in [-0.4, -0.2) is 42.5 Å². The van der Waals surface area contributed by atoms with Gasteiger partial charge in [-0.25, -0.2) is 0 Å². The highest BCUT2D eigenvalue weighted by atomic mass is 16.2. The molecule has 1 aliphatic heterocycles. The molecule has 1 amide bonds. The Balaban J connectivity index is 1.68. The first-order valence-electron chi connectivity index (χ1n) is 13.3. The fourth-order valence-corrected chi connectivity index (χ4v) is 4.96. The van der Waals surface area contributed by atoms with Gasteiger partial charge >= 0.3 is 0 Å². The van der Waals surface area contributed by atoms with Crippen LogP contribution in [0.2, 0.25) is 0 Å². The molecule has 1 fully saturated rings. The standard InChI is InChI=1S/C30H45N3O/c1-23(2)18-20-33(28-11-8-19-32(22-28)30(34)29(31)21-24(3)4)27-16-14-26(15-17-27)13-12-25-9-6-5-7-10-25/h5-7,9-10,14-17,23-24,28-29H,8,11-13,18-22,31H2,1-4H3. The largest absolute Gasteiger partial charge is 0.367 e. The number of aryl methyl sites for hydroxylation is 2. The number of hydrogen-bond donors (Lipinski definition) is 1. The number of rotatable bonds is 11. The summed E-state index contributed by atoms with van der Waals surface area (Å²) in [6.45, 7) is 11.5. The van der Waals surface area contributed by atoms with Crippen molar-refractivity contribution >= 4 is 11.6 Å². The predicted molar refractivity (Wildman–Crippen MR) is 144 cm³/mol. The molecule has 34 heavy (non-hydrogen) atoms. The number of anilines is 1. The minimum absolute atomic E-state index is 0.124. The number of amides is 1. The first-order valence-corrected chi connectivity index (χ1v) is 13.3. The maximum Gasteiger partial charge on any atom is 0.239 e. The second kappa shape index (κ2) is 12.9. The predicted octanol–water partition coefficient (Wildman–Crippen LogP) is 5.69. The summed E-state index contributed by atoms with van der Waals surface area (Å²) in [5.41, 5.74) is 10.3. The van der Waals surface area contributed by atoms with Crippen molar-refractivity contribution in [1.82, 2.24) is 4.90 Å². The van der Waals surface area contributed by atoms with Crippen LogP contribution in [0, 0.1) is 11.8 Å². The van der Waals surface area contributed by atoms with E-state index in [0.717, 1.165) is 58.2 Å². The fraction of sp³-hybridized carbons (Fsp3) is 0.567. The van der Waals surface area contributed by atoms with E-state index in [1.807, 2.05) is 4.90 Å². The number of likely N-dealkylation sites (tertiary alicyclic amines) is 1. The van der Waals surface area contributed by atoms with Crippen LogP contribution in [0.25, 0.3) is 0 Å². The highest BCUT2D eigenvalue weighted by molar-refractivity contribution is 5.81. The molecule has 4 nitrogen and oxygen atoms in total. The van der Waals surface area contributed by atoms with Crippen LogP contribution in [0.4, 0.5) is 5.69 Å². The smallest absolute Gasteiger partial charge is 0.239 e. The van der Waals surface area contributed by atoms with Gasteiger partial charge in [0.25, 0.3) is 0 Å². The number of carbonyl (C=O) groups is 1. The lowest BCUT2D eigenvalue weighted by molar-refractivity contribution is -0.134. The average Bonchev–Trinajstić information content (AvgIpc) is 2.83. The van der Waals surface area contributed by atoms with E-state index in [-0.39, 0.29) is 11.9 Å². The maximum atomic E-state index is 13.0. The summed E-state index contributed by atoms with van der Waals surface area (Å²) >= 11 is 0. The number of benzene rings is 2. The molecule has 0 saturated carbocycles. The van der Waals surface area contributed by atoms with Gasteiger partial charge in [-0.05, 0) is 73.6 Å². The molecule has 2 atom stereocenters. The lowest BCUT2D eigenvalue weighted by atomic mass is 9.98. The summed E-state index contributed by atoms with van der Waals surface area (Å²) in [6, 6.07) is 19.8. The molecule has 0 radical (unpaired) electrons. The molecule has 0 bridgehead atoms. The molecule has 1 saturated heterocycles. The van der Waals surface area contributed by atoms with Crippen molar-refractivity contribution in [1.29, 1.82) is 0 Å². The summed E-state index contributed by atoms with van der Waals surface area (Å²) in [6.07, 6.45) is 6.17. The van der Waals surface area contributed by atoms with Crippen LogP contribution in [-0.2, 0) is 17.6 Å². The normalized spacial score (nSPS) is 17.3. The molecular formula is C30H45N3O. The Labute approximate surface area is 207 Å². The Morgan fingerprint density at radius 3 is 2.24 bits per heavy atom. The molecule has 0 spiro atoms. The van der Waals surface area contributed by atoms with Crippen molar-refractivity contribution < 1.29 is 4.79 Å². The Kier molecular flexibility index (Phi) is 10.0. The summed E-state index contributed by atoms with van der Waals surface area (Å²) in [4.78, 5) is 17.6. The molecule has 2 aromatic rings. The van der Waals surface area contributed by atoms with Crippen molar-refractivity contribution in [2.24, 2.45) is 17.6 Å². The summed E-state index contributed by atoms with van der Waals surface area (Å²) in [7, 11) is 0. The summed E-state index contributed by atoms with van der Waals surface area (Å²) < 4.78 is 0. The van der Waals surface area contributed by atoms with Crippen LogP contribution in [0.15, 0.2) is 54.6 Å². The SMILES string of the molecule is CC(C)CCN(c1ccc(CCc2ccccc2)cc1)C1CCCN(C(=O)C(N)CC(C)C)C1. The topological polar surface area (TPSA) is 49.6 Å². The van der Waals surface area contributed by atoms with Gasteiger partial charge in [-0.1, -0.05) is 70.2 Å². The Morgan fingerprint density at radius 1 is 0.971 bits per heavy atom. The van der Waals surface area contributed by atoms with E-state index in [9.17, 15) is 4.79 Å². The lowest BCUT2D eigenvalue weighted by Crippen LogP contribution is -2.54. The van der Waals surface area contributed by atoms with E-state index in [0.29, 0.717) is 17.9 Å². The van der Waals surface area contributed by atoms with E-state index in [4.69, 9.17) is 5.73 Å². The molecule has 186 valence electrons. The molecule has 2 unspecified atom stereocenters. The van der Waals surface area contributed by atoms with Crippen molar-refractivity contribution in [2.75, 3.05) is 24.5 Å². The molecule has 4 heteroatoms. The van der Waals surface area contributed by atoms with E-state index < -0.39 is 0 Å². The average molecular weight is 464 g/mol. The third kappa shape index (κ3) is 7.87. The number of carbonyl (C=O) groups excluding carboxylic acids is 1. The number of hydrogen-bond acceptors (Lipinski definition) is 3. The van der Waals surface area contributed by atoms with E-state index in [1.54, 1.807) is 0 Å². The van der Waals surface area contributed by atoms with Gasteiger partial charge in [0.1, 0.15) is 0 Å². The minimum Gasteiger partial charge on any atom is -0.367 e. The molecule has 2 aromatic carbocycles. The third-order valence-electron chi connectivity index (χ3n) is 6.95. The number of nitrogens with zero attached hydrogens (tertiary/aromatic N) is 2. The second-order valence-corrected chi connectivity index (χ2v) is 10.8. The van der Waals surface area contributed by atoms with Gasteiger partial charge in [-0.15, -0.1) is 0 Å². The Morgan fingerprint density at radius 2 is 1.62 bits per heavy atom. The van der Waals surface area contributed by atoms with E-state index in [1.165, 1.54) is 16.8 Å². The van der Waals surface area contributed by atoms with Gasteiger partial charge < -0.3 is 15.5 Å². The minimum atomic E-state index is -0.383. The lowest BCUT2D eigenvalue weighted by Gasteiger charge is -2.41. The van der Waals surface area contributed by atoms with Gasteiger partial charge in [0.2, 0.25) is 5.91 Å². The van der Waals surface area contributed by atoms with Crippen LogP contribution >= 0.6 is 0 Å². The van der Waals surface area contributed by atoms with Crippen molar-refractivity contribution in [3.05, 3.63) is 65.7 Å². The molecule has 2 N–H and O–H groups in total. The quantitative estimate of drug-likeness (QED) is 0.466. The van der Waals surface area contributed by atoms with Crippen LogP contribution in [0.5, 0.6) is 0 Å². The Bertz CT molecular complexity index is 862. The molecule has 0 aliphatic carbocycles.